The number of unbranched alkanes of at least 4 members (excludes halogenated alkanes) is 1. The fourth-order valence-electron chi connectivity index (χ4n) is 1.25. The molecule has 3 nitrogen and oxygen atoms in total. The Morgan fingerprint density at radius 1 is 1.35 bits per heavy atom. The molecule has 2 N–H and O–H groups in total. The van der Waals surface area contributed by atoms with E-state index in [1.54, 1.807) is 0 Å². The number of carbonyl (C=O) groups excluding carboxylic acids is 1. The number of benzene rings is 1. The Hall–Kier alpha value is -1.36. The first-order chi connectivity index (χ1) is 8.07. The van der Waals surface area contributed by atoms with E-state index in [9.17, 15) is 13.6 Å². The van der Waals surface area contributed by atoms with Gasteiger partial charge in [-0.2, -0.15) is 0 Å². The summed E-state index contributed by atoms with van der Waals surface area (Å²) in [5.74, 6) is -2.92. The SMILES string of the molecule is NC(=O)c1c(F)ccc(OCCCCCl)c1F. The molecule has 1 amide bonds. The van der Waals surface area contributed by atoms with E-state index in [0.717, 1.165) is 18.6 Å². The van der Waals surface area contributed by atoms with Crippen LogP contribution in [0.25, 0.3) is 0 Å². The summed E-state index contributed by atoms with van der Waals surface area (Å²) in [6.07, 6.45) is 1.37. The summed E-state index contributed by atoms with van der Waals surface area (Å²) in [6, 6.07) is 2.07. The lowest BCUT2D eigenvalue weighted by Crippen LogP contribution is -2.16. The number of halogens is 3. The minimum atomic E-state index is -1.16. The second-order valence-electron chi connectivity index (χ2n) is 3.34. The molecule has 1 aromatic carbocycles. The van der Waals surface area contributed by atoms with Crippen molar-refractivity contribution < 1.29 is 18.3 Å². The molecule has 0 heterocycles. The molecule has 1 rings (SSSR count). The highest BCUT2D eigenvalue weighted by Crippen LogP contribution is 2.23. The minimum absolute atomic E-state index is 0.185. The van der Waals surface area contributed by atoms with Crippen LogP contribution in [0.1, 0.15) is 23.2 Å². The average Bonchev–Trinajstić information content (AvgIpc) is 2.26. The molecule has 0 atom stereocenters. The van der Waals surface area contributed by atoms with Gasteiger partial charge in [0, 0.05) is 5.88 Å². The molecule has 0 aliphatic carbocycles. The van der Waals surface area contributed by atoms with Crippen LogP contribution in [-0.2, 0) is 0 Å². The summed E-state index contributed by atoms with van der Waals surface area (Å²) in [5.41, 5.74) is 4.09. The molecular weight excluding hydrogens is 252 g/mol. The van der Waals surface area contributed by atoms with E-state index in [4.69, 9.17) is 22.1 Å². The number of alkyl halides is 1. The molecule has 0 spiro atoms. The average molecular weight is 264 g/mol. The van der Waals surface area contributed by atoms with Crippen LogP contribution >= 0.6 is 11.6 Å². The summed E-state index contributed by atoms with van der Waals surface area (Å²) < 4.78 is 31.8. The van der Waals surface area contributed by atoms with Crippen LogP contribution in [0.4, 0.5) is 8.78 Å². The van der Waals surface area contributed by atoms with Crippen molar-refractivity contribution in [3.05, 3.63) is 29.3 Å². The van der Waals surface area contributed by atoms with Gasteiger partial charge in [0.15, 0.2) is 11.6 Å². The molecule has 0 bridgehead atoms. The second-order valence-corrected chi connectivity index (χ2v) is 3.72. The minimum Gasteiger partial charge on any atom is -0.490 e. The third kappa shape index (κ3) is 3.56. The molecule has 1 aromatic rings. The van der Waals surface area contributed by atoms with E-state index in [0.29, 0.717) is 12.3 Å². The predicted octanol–water partition coefficient (Wildman–Crippen LogP) is 2.46. The molecule has 0 radical (unpaired) electrons. The van der Waals surface area contributed by atoms with Crippen molar-refractivity contribution in [2.24, 2.45) is 5.73 Å². The molecule has 0 aromatic heterocycles. The van der Waals surface area contributed by atoms with Crippen LogP contribution in [0.2, 0.25) is 0 Å². The van der Waals surface area contributed by atoms with Gasteiger partial charge in [-0.15, -0.1) is 11.6 Å². The first kappa shape index (κ1) is 13.7. The van der Waals surface area contributed by atoms with Crippen LogP contribution in [0.3, 0.4) is 0 Å². The van der Waals surface area contributed by atoms with Crippen LogP contribution in [0.5, 0.6) is 5.75 Å². The maximum atomic E-state index is 13.6. The predicted molar refractivity (Wildman–Crippen MR) is 60.3 cm³/mol. The highest BCUT2D eigenvalue weighted by molar-refractivity contribution is 6.17. The summed E-state index contributed by atoms with van der Waals surface area (Å²) in [6.45, 7) is 0.244. The molecule has 0 aliphatic rings. The van der Waals surface area contributed by atoms with Gasteiger partial charge < -0.3 is 10.5 Å². The number of carbonyl (C=O) groups is 1. The Labute approximate surface area is 103 Å². The maximum absolute atomic E-state index is 13.6. The zero-order chi connectivity index (χ0) is 12.8. The van der Waals surface area contributed by atoms with Crippen LogP contribution in [0, 0.1) is 11.6 Å². The number of hydrogen-bond donors (Lipinski definition) is 1. The van der Waals surface area contributed by atoms with Gasteiger partial charge >= 0.3 is 0 Å². The van der Waals surface area contributed by atoms with Crippen molar-refractivity contribution in [2.45, 2.75) is 12.8 Å². The molecule has 0 fully saturated rings. The van der Waals surface area contributed by atoms with E-state index in [1.165, 1.54) is 0 Å². The Morgan fingerprint density at radius 3 is 2.65 bits per heavy atom. The summed E-state index contributed by atoms with van der Waals surface area (Å²) in [4.78, 5) is 10.8. The van der Waals surface area contributed by atoms with Gasteiger partial charge in [0.2, 0.25) is 0 Å². The molecule has 94 valence electrons. The van der Waals surface area contributed by atoms with Gasteiger partial charge in [-0.1, -0.05) is 0 Å². The Bertz CT molecular complexity index is 413. The van der Waals surface area contributed by atoms with Crippen molar-refractivity contribution in [3.63, 3.8) is 0 Å². The Kier molecular flexibility index (Phi) is 5.15. The summed E-state index contributed by atoms with van der Waals surface area (Å²) in [7, 11) is 0. The number of amides is 1. The quantitative estimate of drug-likeness (QED) is 0.633. The lowest BCUT2D eigenvalue weighted by atomic mass is 10.1. The van der Waals surface area contributed by atoms with Crippen LogP contribution in [0.15, 0.2) is 12.1 Å². The van der Waals surface area contributed by atoms with Gasteiger partial charge in [0.1, 0.15) is 11.4 Å². The van der Waals surface area contributed by atoms with Gasteiger partial charge in [0.05, 0.1) is 6.61 Å². The first-order valence-electron chi connectivity index (χ1n) is 5.04. The summed E-state index contributed by atoms with van der Waals surface area (Å²) in [5, 5.41) is 0. The third-order valence-electron chi connectivity index (χ3n) is 2.09. The van der Waals surface area contributed by atoms with Crippen molar-refractivity contribution in [1.29, 1.82) is 0 Å². The first-order valence-corrected chi connectivity index (χ1v) is 5.58. The smallest absolute Gasteiger partial charge is 0.254 e. The maximum Gasteiger partial charge on any atom is 0.254 e. The van der Waals surface area contributed by atoms with Gasteiger partial charge in [-0.25, -0.2) is 8.78 Å². The lowest BCUT2D eigenvalue weighted by Gasteiger charge is -2.09. The van der Waals surface area contributed by atoms with Crippen molar-refractivity contribution in [3.8, 4) is 5.75 Å². The monoisotopic (exact) mass is 263 g/mol. The standard InChI is InChI=1S/C11H12ClF2NO2/c12-5-1-2-6-17-8-4-3-7(13)9(10(8)14)11(15)16/h3-4H,1-2,5-6H2,(H2,15,16). The van der Waals surface area contributed by atoms with E-state index in [2.05, 4.69) is 0 Å². The van der Waals surface area contributed by atoms with E-state index >= 15 is 0 Å². The largest absolute Gasteiger partial charge is 0.490 e. The van der Waals surface area contributed by atoms with E-state index < -0.39 is 23.1 Å². The molecule has 0 saturated carbocycles. The zero-order valence-corrected chi connectivity index (χ0v) is 9.77. The lowest BCUT2D eigenvalue weighted by molar-refractivity contribution is 0.0991. The molecule has 0 saturated heterocycles. The van der Waals surface area contributed by atoms with Crippen LogP contribution < -0.4 is 10.5 Å². The topological polar surface area (TPSA) is 52.3 Å². The molecule has 0 unspecified atom stereocenters. The van der Waals surface area contributed by atoms with Gasteiger partial charge in [-0.05, 0) is 25.0 Å². The summed E-state index contributed by atoms with van der Waals surface area (Å²) >= 11 is 5.46. The Morgan fingerprint density at radius 2 is 2.06 bits per heavy atom. The normalized spacial score (nSPS) is 10.3. The molecule has 6 heteroatoms. The van der Waals surface area contributed by atoms with Gasteiger partial charge in [0.25, 0.3) is 5.91 Å². The number of hydrogen-bond acceptors (Lipinski definition) is 2. The van der Waals surface area contributed by atoms with Crippen molar-refractivity contribution in [2.75, 3.05) is 12.5 Å². The number of rotatable bonds is 6. The fraction of sp³-hybridized carbons (Fsp3) is 0.364. The third-order valence-corrected chi connectivity index (χ3v) is 2.35. The Balaban J connectivity index is 2.80. The van der Waals surface area contributed by atoms with Crippen LogP contribution in [-0.4, -0.2) is 18.4 Å². The second kappa shape index (κ2) is 6.39. The highest BCUT2D eigenvalue weighted by atomic mass is 35.5. The molecule has 17 heavy (non-hydrogen) atoms. The zero-order valence-electron chi connectivity index (χ0n) is 9.01. The number of primary amides is 1. The van der Waals surface area contributed by atoms with Gasteiger partial charge in [-0.3, -0.25) is 4.79 Å². The van der Waals surface area contributed by atoms with E-state index in [1.807, 2.05) is 0 Å². The van der Waals surface area contributed by atoms with Crippen molar-refractivity contribution >= 4 is 17.5 Å². The number of ether oxygens (including phenoxy) is 1. The highest BCUT2D eigenvalue weighted by Gasteiger charge is 2.18. The molecule has 0 aliphatic heterocycles. The molecular formula is C11H12ClF2NO2. The number of nitrogens with two attached hydrogens (primary N) is 1. The van der Waals surface area contributed by atoms with E-state index in [-0.39, 0.29) is 12.4 Å². The van der Waals surface area contributed by atoms with Crippen molar-refractivity contribution in [1.82, 2.24) is 0 Å². The fourth-order valence-corrected chi connectivity index (χ4v) is 1.44.